The van der Waals surface area contributed by atoms with Gasteiger partial charge in [-0.05, 0) is 39.4 Å². The van der Waals surface area contributed by atoms with Gasteiger partial charge in [0.05, 0.1) is 18.1 Å². The minimum atomic E-state index is -0.184. The van der Waals surface area contributed by atoms with E-state index in [1.807, 2.05) is 0 Å². The molecule has 102 valence electrons. The number of rotatable bonds is 5. The van der Waals surface area contributed by atoms with Crippen LogP contribution in [0.2, 0.25) is 0 Å². The van der Waals surface area contributed by atoms with E-state index >= 15 is 0 Å². The van der Waals surface area contributed by atoms with Gasteiger partial charge in [-0.3, -0.25) is 5.10 Å². The lowest BCUT2D eigenvalue weighted by Crippen LogP contribution is -2.44. The average molecular weight is 295 g/mol. The predicted molar refractivity (Wildman–Crippen MR) is 78.3 cm³/mol. The summed E-state index contributed by atoms with van der Waals surface area (Å²) in [5.41, 5.74) is -0.158. The van der Waals surface area contributed by atoms with Gasteiger partial charge in [0.1, 0.15) is 0 Å². The van der Waals surface area contributed by atoms with Crippen LogP contribution in [0.25, 0.3) is 0 Å². The number of aromatic nitrogens is 2. The molecule has 0 unspecified atom stereocenters. The van der Waals surface area contributed by atoms with Crippen molar-refractivity contribution in [1.29, 1.82) is 10.5 Å². The molecule has 1 heterocycles. The van der Waals surface area contributed by atoms with E-state index in [0.29, 0.717) is 23.3 Å². The minimum Gasteiger partial charge on any atom is -0.341 e. The van der Waals surface area contributed by atoms with Crippen molar-refractivity contribution in [2.24, 2.45) is 5.92 Å². The Bertz CT molecular complexity index is 540. The van der Waals surface area contributed by atoms with Crippen LogP contribution in [0.15, 0.2) is 0 Å². The molecule has 0 aliphatic heterocycles. The molecule has 0 spiro atoms. The molecular formula is C12H17N5S2. The van der Waals surface area contributed by atoms with Gasteiger partial charge in [-0.15, -0.1) is 5.10 Å². The van der Waals surface area contributed by atoms with Crippen LogP contribution in [0.5, 0.6) is 0 Å². The first kappa shape index (κ1) is 15.6. The summed E-state index contributed by atoms with van der Waals surface area (Å²) < 4.78 is 0.620. The standard InChI is InChI=1S/C12H17N5S2/c1-12(2,3)17(10-15-16-11(18)19-10)8-9(7-14)5-4-6-13/h9H,4-5,8H2,1-3H3,(H,16,18)/t9-/m0/s1. The average Bonchev–Trinajstić information content (AvgIpc) is 2.74. The van der Waals surface area contributed by atoms with E-state index in [9.17, 15) is 5.26 Å². The second-order valence-corrected chi connectivity index (χ2v) is 6.84. The fourth-order valence-electron chi connectivity index (χ4n) is 1.63. The van der Waals surface area contributed by atoms with Crippen LogP contribution in [0.4, 0.5) is 5.13 Å². The maximum Gasteiger partial charge on any atom is 0.207 e. The molecular weight excluding hydrogens is 278 g/mol. The van der Waals surface area contributed by atoms with E-state index < -0.39 is 0 Å². The van der Waals surface area contributed by atoms with E-state index in [2.05, 4.69) is 48.0 Å². The minimum absolute atomic E-state index is 0.158. The van der Waals surface area contributed by atoms with Crippen LogP contribution in [0.3, 0.4) is 0 Å². The second kappa shape index (κ2) is 6.65. The summed E-state index contributed by atoms with van der Waals surface area (Å²) in [7, 11) is 0. The molecule has 1 aromatic heterocycles. The molecule has 0 saturated heterocycles. The molecule has 7 heteroatoms. The number of nitrogens with zero attached hydrogens (tertiary/aromatic N) is 4. The molecule has 0 aliphatic rings. The van der Waals surface area contributed by atoms with Crippen molar-refractivity contribution >= 4 is 28.7 Å². The molecule has 1 aromatic rings. The molecule has 0 aliphatic carbocycles. The zero-order chi connectivity index (χ0) is 14.5. The Labute approximate surface area is 122 Å². The van der Waals surface area contributed by atoms with E-state index in [1.54, 1.807) is 0 Å². The van der Waals surface area contributed by atoms with Crippen LogP contribution < -0.4 is 4.90 Å². The van der Waals surface area contributed by atoms with Crippen molar-refractivity contribution in [1.82, 2.24) is 10.2 Å². The largest absolute Gasteiger partial charge is 0.341 e. The zero-order valence-corrected chi connectivity index (χ0v) is 12.9. The van der Waals surface area contributed by atoms with Crippen LogP contribution in [-0.4, -0.2) is 22.3 Å². The van der Waals surface area contributed by atoms with Gasteiger partial charge in [0.25, 0.3) is 0 Å². The molecule has 0 fully saturated rings. The molecule has 0 radical (unpaired) electrons. The number of nitriles is 2. The van der Waals surface area contributed by atoms with Gasteiger partial charge in [0.2, 0.25) is 5.13 Å². The Hall–Kier alpha value is -1.44. The van der Waals surface area contributed by atoms with Gasteiger partial charge in [0.15, 0.2) is 3.95 Å². The first-order valence-electron chi connectivity index (χ1n) is 5.98. The highest BCUT2D eigenvalue weighted by atomic mass is 32.1. The third-order valence-electron chi connectivity index (χ3n) is 2.66. The van der Waals surface area contributed by atoms with Crippen LogP contribution >= 0.6 is 23.6 Å². The summed E-state index contributed by atoms with van der Waals surface area (Å²) in [6, 6.07) is 4.35. The number of nitrogens with one attached hydrogen (secondary N) is 1. The number of anilines is 1. The summed E-state index contributed by atoms with van der Waals surface area (Å²) in [4.78, 5) is 2.06. The topological polar surface area (TPSA) is 79.5 Å². The number of hydrogen-bond acceptors (Lipinski definition) is 6. The second-order valence-electron chi connectivity index (χ2n) is 5.20. The SMILES string of the molecule is CC(C)(C)N(C[C@H](C#N)CCC#N)c1n[nH]c(=S)s1. The van der Waals surface area contributed by atoms with Gasteiger partial charge in [-0.25, -0.2) is 0 Å². The Kier molecular flexibility index (Phi) is 5.46. The number of H-pyrrole nitrogens is 1. The quantitative estimate of drug-likeness (QED) is 0.843. The molecule has 0 aromatic carbocycles. The predicted octanol–water partition coefficient (Wildman–Crippen LogP) is 3.25. The Morgan fingerprint density at radius 1 is 1.47 bits per heavy atom. The maximum atomic E-state index is 9.19. The summed E-state index contributed by atoms with van der Waals surface area (Å²) in [5, 5.41) is 25.6. The molecule has 0 bridgehead atoms. The summed E-state index contributed by atoms with van der Waals surface area (Å²) in [5.74, 6) is -0.184. The number of aromatic amines is 1. The number of hydrogen-bond donors (Lipinski definition) is 1. The van der Waals surface area contributed by atoms with Crippen molar-refractivity contribution in [2.45, 2.75) is 39.2 Å². The van der Waals surface area contributed by atoms with E-state index in [0.717, 1.165) is 5.13 Å². The fraction of sp³-hybridized carbons (Fsp3) is 0.667. The van der Waals surface area contributed by atoms with Gasteiger partial charge in [-0.2, -0.15) is 10.5 Å². The van der Waals surface area contributed by atoms with Crippen molar-refractivity contribution in [3.63, 3.8) is 0 Å². The van der Waals surface area contributed by atoms with E-state index in [4.69, 9.17) is 17.5 Å². The normalized spacial score (nSPS) is 12.5. The van der Waals surface area contributed by atoms with E-state index in [-0.39, 0.29) is 11.5 Å². The zero-order valence-electron chi connectivity index (χ0n) is 11.3. The van der Waals surface area contributed by atoms with Crippen molar-refractivity contribution in [2.75, 3.05) is 11.4 Å². The highest BCUT2D eigenvalue weighted by Gasteiger charge is 2.27. The highest BCUT2D eigenvalue weighted by molar-refractivity contribution is 7.73. The molecule has 1 rings (SSSR count). The summed E-state index contributed by atoms with van der Waals surface area (Å²) in [6.07, 6.45) is 0.974. The molecule has 1 N–H and O–H groups in total. The maximum absolute atomic E-state index is 9.19. The monoisotopic (exact) mass is 295 g/mol. The van der Waals surface area contributed by atoms with Crippen LogP contribution in [-0.2, 0) is 0 Å². The van der Waals surface area contributed by atoms with E-state index in [1.165, 1.54) is 11.3 Å². The van der Waals surface area contributed by atoms with Crippen LogP contribution in [0, 0.1) is 32.5 Å². The van der Waals surface area contributed by atoms with Crippen molar-refractivity contribution < 1.29 is 0 Å². The first-order chi connectivity index (χ1) is 8.88. The lowest BCUT2D eigenvalue weighted by Gasteiger charge is -2.36. The van der Waals surface area contributed by atoms with Gasteiger partial charge < -0.3 is 4.90 Å². The Balaban J connectivity index is 2.91. The lowest BCUT2D eigenvalue weighted by molar-refractivity contribution is 0.460. The highest BCUT2D eigenvalue weighted by Crippen LogP contribution is 2.27. The molecule has 5 nitrogen and oxygen atoms in total. The lowest BCUT2D eigenvalue weighted by atomic mass is 10.0. The third-order valence-corrected chi connectivity index (χ3v) is 3.77. The van der Waals surface area contributed by atoms with Crippen molar-refractivity contribution in [3.8, 4) is 12.1 Å². The Morgan fingerprint density at radius 2 is 2.16 bits per heavy atom. The fourth-order valence-corrected chi connectivity index (χ4v) is 2.71. The third kappa shape index (κ3) is 4.62. The smallest absolute Gasteiger partial charge is 0.207 e. The summed E-state index contributed by atoms with van der Waals surface area (Å²) >= 11 is 6.45. The molecule has 0 saturated carbocycles. The summed E-state index contributed by atoms with van der Waals surface area (Å²) in [6.45, 7) is 6.75. The van der Waals surface area contributed by atoms with Gasteiger partial charge in [0, 0.05) is 18.5 Å². The van der Waals surface area contributed by atoms with Gasteiger partial charge in [-0.1, -0.05) is 11.3 Å². The first-order valence-corrected chi connectivity index (χ1v) is 7.20. The molecule has 1 atom stereocenters. The van der Waals surface area contributed by atoms with Crippen molar-refractivity contribution in [3.05, 3.63) is 3.95 Å². The molecule has 19 heavy (non-hydrogen) atoms. The van der Waals surface area contributed by atoms with Crippen LogP contribution in [0.1, 0.15) is 33.6 Å². The molecule has 0 amide bonds. The Morgan fingerprint density at radius 3 is 2.58 bits per heavy atom. The van der Waals surface area contributed by atoms with Gasteiger partial charge >= 0.3 is 0 Å².